The fraction of sp³-hybridized carbons (Fsp3) is 0.231. The van der Waals surface area contributed by atoms with Crippen LogP contribution in [0.1, 0.15) is 17.3 Å². The highest BCUT2D eigenvalue weighted by Crippen LogP contribution is 2.21. The molecule has 0 saturated carbocycles. The van der Waals surface area contributed by atoms with Crippen molar-refractivity contribution in [3.8, 4) is 0 Å². The Morgan fingerprint density at radius 1 is 1.35 bits per heavy atom. The molecule has 102 valence electrons. The number of carbonyl (C=O) groups is 1. The first-order chi connectivity index (χ1) is 9.52. The van der Waals surface area contributed by atoms with Crippen molar-refractivity contribution in [2.45, 2.75) is 13.5 Å². The van der Waals surface area contributed by atoms with E-state index >= 15 is 0 Å². The molecule has 1 aromatic carbocycles. The smallest absolute Gasteiger partial charge is 0.341 e. The van der Waals surface area contributed by atoms with Crippen LogP contribution in [-0.4, -0.2) is 30.6 Å². The van der Waals surface area contributed by atoms with Crippen LogP contribution in [0.5, 0.6) is 0 Å². The van der Waals surface area contributed by atoms with Crippen LogP contribution in [0.4, 0.5) is 0 Å². The number of benzene rings is 1. The van der Waals surface area contributed by atoms with Gasteiger partial charge in [-0.1, -0.05) is 0 Å². The minimum Gasteiger partial charge on any atom is -0.477 e. The van der Waals surface area contributed by atoms with Crippen molar-refractivity contribution in [2.24, 2.45) is 7.05 Å². The predicted molar refractivity (Wildman–Crippen MR) is 72.9 cm³/mol. The molecule has 20 heavy (non-hydrogen) atoms. The summed E-state index contributed by atoms with van der Waals surface area (Å²) in [4.78, 5) is 24.8. The van der Waals surface area contributed by atoms with Gasteiger partial charge in [0.2, 0.25) is 5.43 Å². The molecule has 2 aromatic heterocycles. The van der Waals surface area contributed by atoms with E-state index in [2.05, 4.69) is 10.2 Å². The number of hydrogen-bond acceptors (Lipinski definition) is 4. The van der Waals surface area contributed by atoms with E-state index < -0.39 is 11.4 Å². The van der Waals surface area contributed by atoms with Gasteiger partial charge in [0.1, 0.15) is 16.6 Å². The maximum atomic E-state index is 12.2. The third-order valence-electron chi connectivity index (χ3n) is 3.26. The van der Waals surface area contributed by atoms with Crippen molar-refractivity contribution in [3.63, 3.8) is 0 Å². The van der Waals surface area contributed by atoms with E-state index in [0.717, 1.165) is 0 Å². The number of hydrogen-bond donors (Lipinski definition) is 1. The van der Waals surface area contributed by atoms with Crippen LogP contribution in [0.2, 0.25) is 0 Å². The van der Waals surface area contributed by atoms with Gasteiger partial charge < -0.3 is 9.67 Å². The quantitative estimate of drug-likeness (QED) is 0.751. The number of aromatic nitrogens is 4. The summed E-state index contributed by atoms with van der Waals surface area (Å²) in [6, 6.07) is 3.28. The lowest BCUT2D eigenvalue weighted by Gasteiger charge is -2.09. The largest absolute Gasteiger partial charge is 0.477 e. The van der Waals surface area contributed by atoms with Gasteiger partial charge in [0, 0.05) is 25.2 Å². The summed E-state index contributed by atoms with van der Waals surface area (Å²) in [5.74, 6) is -1.22. The number of aryl methyl sites for hydroxylation is 2. The zero-order valence-corrected chi connectivity index (χ0v) is 11.0. The molecule has 0 spiro atoms. The molecule has 1 N–H and O–H groups in total. The lowest BCUT2D eigenvalue weighted by Crippen LogP contribution is -2.18. The van der Waals surface area contributed by atoms with Gasteiger partial charge in [-0.15, -0.1) is 0 Å². The molecule has 7 nitrogen and oxygen atoms in total. The minimum absolute atomic E-state index is 0.234. The molecule has 2 heterocycles. The first-order valence-corrected chi connectivity index (χ1v) is 6.13. The zero-order chi connectivity index (χ0) is 14.4. The molecule has 0 unspecified atom stereocenters. The van der Waals surface area contributed by atoms with Gasteiger partial charge in [-0.2, -0.15) is 15.0 Å². The van der Waals surface area contributed by atoms with Crippen LogP contribution in [0.3, 0.4) is 0 Å². The summed E-state index contributed by atoms with van der Waals surface area (Å²) in [5, 5.41) is 17.9. The van der Waals surface area contributed by atoms with Crippen LogP contribution in [0.15, 0.2) is 23.1 Å². The predicted octanol–water partition coefficient (Wildman–Crippen LogP) is 1.00. The number of nitrogens with zero attached hydrogens (tertiary/aromatic N) is 4. The molecular formula is C13H12N4O3. The van der Waals surface area contributed by atoms with Gasteiger partial charge in [-0.3, -0.25) is 4.79 Å². The molecule has 3 aromatic rings. The molecule has 0 radical (unpaired) electrons. The molecule has 0 aliphatic carbocycles. The molecule has 0 aliphatic rings. The van der Waals surface area contributed by atoms with E-state index in [1.165, 1.54) is 11.0 Å². The number of carboxylic acid groups (broad SMARTS) is 1. The topological polar surface area (TPSA) is 90.0 Å². The highest BCUT2D eigenvalue weighted by Gasteiger charge is 2.17. The summed E-state index contributed by atoms with van der Waals surface area (Å²) in [6.07, 6.45) is 1.36. The van der Waals surface area contributed by atoms with Crippen molar-refractivity contribution >= 4 is 27.9 Å². The van der Waals surface area contributed by atoms with Crippen molar-refractivity contribution in [2.75, 3.05) is 0 Å². The number of carboxylic acids is 1. The van der Waals surface area contributed by atoms with Gasteiger partial charge in [-0.05, 0) is 19.1 Å². The number of aromatic carboxylic acids is 1. The molecule has 3 rings (SSSR count). The third-order valence-corrected chi connectivity index (χ3v) is 3.26. The van der Waals surface area contributed by atoms with Crippen LogP contribution < -0.4 is 5.43 Å². The Kier molecular flexibility index (Phi) is 2.56. The molecule has 0 aliphatic heterocycles. The van der Waals surface area contributed by atoms with E-state index in [0.29, 0.717) is 28.5 Å². The first kappa shape index (κ1) is 12.3. The Labute approximate surface area is 113 Å². The summed E-state index contributed by atoms with van der Waals surface area (Å²) < 4.78 is 1.72. The number of rotatable bonds is 2. The van der Waals surface area contributed by atoms with Crippen LogP contribution in [0, 0.1) is 0 Å². The molecule has 0 bridgehead atoms. The second-order valence-corrected chi connectivity index (χ2v) is 4.48. The minimum atomic E-state index is -1.22. The van der Waals surface area contributed by atoms with Crippen molar-refractivity contribution in [1.29, 1.82) is 0 Å². The third kappa shape index (κ3) is 1.59. The van der Waals surface area contributed by atoms with Crippen LogP contribution >= 0.6 is 0 Å². The first-order valence-electron chi connectivity index (χ1n) is 6.13. The van der Waals surface area contributed by atoms with E-state index in [4.69, 9.17) is 5.11 Å². The fourth-order valence-electron chi connectivity index (χ4n) is 2.37. The highest BCUT2D eigenvalue weighted by atomic mass is 16.4. The number of fused-ring (bicyclic) bond motifs is 3. The Balaban J connectivity index is 2.58. The van der Waals surface area contributed by atoms with Gasteiger partial charge in [0.15, 0.2) is 0 Å². The standard InChI is InChI=1S/C13H12N4O3/c1-3-17-6-8(13(19)20)12(18)7-4-5-9-10(11(7)17)15-16(2)14-9/h4-6H,3H2,1-2H3,(H,19,20). The molecule has 7 heteroatoms. The van der Waals surface area contributed by atoms with Gasteiger partial charge in [-0.25, -0.2) is 4.79 Å². The lowest BCUT2D eigenvalue weighted by molar-refractivity contribution is 0.0695. The second kappa shape index (κ2) is 4.16. The van der Waals surface area contributed by atoms with Crippen LogP contribution in [-0.2, 0) is 13.6 Å². The van der Waals surface area contributed by atoms with E-state index in [9.17, 15) is 9.59 Å². The SMILES string of the molecule is CCn1cc(C(=O)O)c(=O)c2ccc3nn(C)nc3c21. The summed E-state index contributed by atoms with van der Waals surface area (Å²) in [7, 11) is 1.70. The molecule has 0 fully saturated rings. The van der Waals surface area contributed by atoms with Crippen molar-refractivity contribution < 1.29 is 9.90 Å². The molecular weight excluding hydrogens is 260 g/mol. The van der Waals surface area contributed by atoms with Crippen LogP contribution in [0.25, 0.3) is 21.9 Å². The average Bonchev–Trinajstić information content (AvgIpc) is 2.79. The molecule has 0 atom stereocenters. The Morgan fingerprint density at radius 3 is 2.75 bits per heavy atom. The summed E-state index contributed by atoms with van der Waals surface area (Å²) >= 11 is 0. The highest BCUT2D eigenvalue weighted by molar-refractivity contribution is 6.03. The second-order valence-electron chi connectivity index (χ2n) is 4.48. The average molecular weight is 272 g/mol. The summed E-state index contributed by atoms with van der Waals surface area (Å²) in [5.41, 5.74) is 1.16. The maximum Gasteiger partial charge on any atom is 0.341 e. The Hall–Kier alpha value is -2.70. The summed E-state index contributed by atoms with van der Waals surface area (Å²) in [6.45, 7) is 2.41. The van der Waals surface area contributed by atoms with Gasteiger partial charge in [0.05, 0.1) is 5.52 Å². The Morgan fingerprint density at radius 2 is 2.10 bits per heavy atom. The number of pyridine rings is 1. The van der Waals surface area contributed by atoms with E-state index in [1.807, 2.05) is 6.92 Å². The van der Waals surface area contributed by atoms with E-state index in [1.54, 1.807) is 23.7 Å². The monoisotopic (exact) mass is 272 g/mol. The van der Waals surface area contributed by atoms with Crippen molar-refractivity contribution in [3.05, 3.63) is 34.1 Å². The van der Waals surface area contributed by atoms with Crippen molar-refractivity contribution in [1.82, 2.24) is 19.6 Å². The zero-order valence-electron chi connectivity index (χ0n) is 11.0. The molecule has 0 saturated heterocycles. The van der Waals surface area contributed by atoms with Gasteiger partial charge >= 0.3 is 5.97 Å². The lowest BCUT2D eigenvalue weighted by atomic mass is 10.1. The molecule has 0 amide bonds. The fourth-order valence-corrected chi connectivity index (χ4v) is 2.37. The Bertz CT molecular complexity index is 907. The maximum absolute atomic E-state index is 12.2. The van der Waals surface area contributed by atoms with Gasteiger partial charge in [0.25, 0.3) is 0 Å². The van der Waals surface area contributed by atoms with E-state index in [-0.39, 0.29) is 5.56 Å². The normalized spacial score (nSPS) is 11.3.